The molecule has 1 aliphatic rings. The van der Waals surface area contributed by atoms with Gasteiger partial charge in [0.05, 0.1) is 5.69 Å². The molecule has 1 fully saturated rings. The van der Waals surface area contributed by atoms with Crippen LogP contribution in [0.3, 0.4) is 0 Å². The summed E-state index contributed by atoms with van der Waals surface area (Å²) in [7, 11) is 2.18. The first-order valence-corrected chi connectivity index (χ1v) is 7.83. The zero-order valence-corrected chi connectivity index (χ0v) is 12.9. The van der Waals surface area contributed by atoms with E-state index in [2.05, 4.69) is 46.2 Å². The molecule has 1 aliphatic heterocycles. The van der Waals surface area contributed by atoms with Gasteiger partial charge in [0.2, 0.25) is 0 Å². The van der Waals surface area contributed by atoms with Gasteiger partial charge in [0.15, 0.2) is 0 Å². The molecule has 4 heteroatoms. The molecule has 0 aromatic carbocycles. The summed E-state index contributed by atoms with van der Waals surface area (Å²) in [6.45, 7) is 9.86. The van der Waals surface area contributed by atoms with Gasteiger partial charge in [0, 0.05) is 32.4 Å². The Morgan fingerprint density at radius 2 is 2.10 bits per heavy atom. The lowest BCUT2D eigenvalue weighted by Gasteiger charge is -2.21. The molecule has 112 valence electrons. The van der Waals surface area contributed by atoms with Gasteiger partial charge in [-0.1, -0.05) is 13.0 Å². The Labute approximate surface area is 123 Å². The molecule has 0 aliphatic carbocycles. The van der Waals surface area contributed by atoms with E-state index in [1.54, 1.807) is 0 Å². The first kappa shape index (κ1) is 15.4. The molecule has 2 rings (SSSR count). The van der Waals surface area contributed by atoms with Gasteiger partial charge >= 0.3 is 0 Å². The molecule has 0 radical (unpaired) electrons. The standard InChI is InChI=1S/C16H28N4/c1-3-17-12-15-6-7-16(18-13-15)14-19(2)10-11-20-8-4-5-9-20/h6-7,13,17H,3-5,8-12,14H2,1-2H3. The van der Waals surface area contributed by atoms with E-state index in [9.17, 15) is 0 Å². The van der Waals surface area contributed by atoms with Crippen LogP contribution < -0.4 is 5.32 Å². The quantitative estimate of drug-likeness (QED) is 0.783. The van der Waals surface area contributed by atoms with Crippen molar-refractivity contribution < 1.29 is 0 Å². The van der Waals surface area contributed by atoms with Gasteiger partial charge in [0.25, 0.3) is 0 Å². The predicted octanol–water partition coefficient (Wildman–Crippen LogP) is 1.72. The third-order valence-corrected chi connectivity index (χ3v) is 3.89. The van der Waals surface area contributed by atoms with Crippen LogP contribution in [0.25, 0.3) is 0 Å². The van der Waals surface area contributed by atoms with E-state index in [4.69, 9.17) is 0 Å². The molecule has 0 spiro atoms. The first-order chi connectivity index (χ1) is 9.78. The maximum atomic E-state index is 4.56. The maximum Gasteiger partial charge on any atom is 0.0544 e. The highest BCUT2D eigenvalue weighted by Crippen LogP contribution is 2.07. The minimum Gasteiger partial charge on any atom is -0.313 e. The van der Waals surface area contributed by atoms with Crippen molar-refractivity contribution >= 4 is 0 Å². The van der Waals surface area contributed by atoms with Crippen LogP contribution in [-0.4, -0.2) is 54.6 Å². The summed E-state index contributed by atoms with van der Waals surface area (Å²) in [5.74, 6) is 0. The van der Waals surface area contributed by atoms with Crippen molar-refractivity contribution in [3.05, 3.63) is 29.6 Å². The lowest BCUT2D eigenvalue weighted by molar-refractivity contribution is 0.250. The van der Waals surface area contributed by atoms with Crippen molar-refractivity contribution in [1.29, 1.82) is 0 Å². The van der Waals surface area contributed by atoms with Crippen molar-refractivity contribution in [2.24, 2.45) is 0 Å². The van der Waals surface area contributed by atoms with Crippen molar-refractivity contribution in [2.45, 2.75) is 32.9 Å². The van der Waals surface area contributed by atoms with Crippen molar-refractivity contribution in [3.8, 4) is 0 Å². The van der Waals surface area contributed by atoms with Gasteiger partial charge in [-0.25, -0.2) is 0 Å². The highest BCUT2D eigenvalue weighted by atomic mass is 15.2. The van der Waals surface area contributed by atoms with Crippen LogP contribution in [-0.2, 0) is 13.1 Å². The third kappa shape index (κ3) is 5.19. The van der Waals surface area contributed by atoms with E-state index in [-0.39, 0.29) is 0 Å². The highest BCUT2D eigenvalue weighted by Gasteiger charge is 2.11. The lowest BCUT2D eigenvalue weighted by Crippen LogP contribution is -2.31. The van der Waals surface area contributed by atoms with E-state index in [1.165, 1.54) is 38.0 Å². The summed E-state index contributed by atoms with van der Waals surface area (Å²) in [5.41, 5.74) is 2.42. The van der Waals surface area contributed by atoms with Crippen LogP contribution in [0.1, 0.15) is 31.0 Å². The number of hydrogen-bond donors (Lipinski definition) is 1. The van der Waals surface area contributed by atoms with Crippen molar-refractivity contribution in [2.75, 3.05) is 39.8 Å². The molecule has 4 nitrogen and oxygen atoms in total. The summed E-state index contributed by atoms with van der Waals surface area (Å²) in [6.07, 6.45) is 4.74. The molecule has 1 N–H and O–H groups in total. The SMILES string of the molecule is CCNCc1ccc(CN(C)CCN2CCCC2)nc1. The fourth-order valence-corrected chi connectivity index (χ4v) is 2.60. The van der Waals surface area contributed by atoms with E-state index >= 15 is 0 Å². The number of rotatable bonds is 8. The number of likely N-dealkylation sites (N-methyl/N-ethyl adjacent to an activating group) is 1. The second kappa shape index (κ2) is 8.35. The highest BCUT2D eigenvalue weighted by molar-refractivity contribution is 5.13. The Hall–Kier alpha value is -0.970. The molecule has 0 saturated carbocycles. The molecule has 0 unspecified atom stereocenters. The topological polar surface area (TPSA) is 31.4 Å². The number of nitrogens with one attached hydrogen (secondary N) is 1. The minimum absolute atomic E-state index is 0.911. The lowest BCUT2D eigenvalue weighted by atomic mass is 10.2. The van der Waals surface area contributed by atoms with Gasteiger partial charge < -0.3 is 10.2 Å². The Balaban J connectivity index is 1.71. The largest absolute Gasteiger partial charge is 0.313 e. The number of aromatic nitrogens is 1. The molecule has 2 heterocycles. The van der Waals surface area contributed by atoms with E-state index in [0.29, 0.717) is 0 Å². The monoisotopic (exact) mass is 276 g/mol. The molecular formula is C16H28N4. The average molecular weight is 276 g/mol. The van der Waals surface area contributed by atoms with Crippen LogP contribution in [0.4, 0.5) is 0 Å². The van der Waals surface area contributed by atoms with Crippen molar-refractivity contribution in [3.63, 3.8) is 0 Å². The Bertz CT molecular complexity index is 371. The molecule has 0 amide bonds. The Morgan fingerprint density at radius 1 is 1.30 bits per heavy atom. The van der Waals surface area contributed by atoms with Gasteiger partial charge in [-0.05, 0) is 51.2 Å². The molecule has 1 aromatic rings. The van der Waals surface area contributed by atoms with E-state index in [0.717, 1.165) is 31.9 Å². The molecular weight excluding hydrogens is 248 g/mol. The van der Waals surface area contributed by atoms with Gasteiger partial charge in [-0.15, -0.1) is 0 Å². The summed E-state index contributed by atoms with van der Waals surface area (Å²) < 4.78 is 0. The van der Waals surface area contributed by atoms with Gasteiger partial charge in [-0.3, -0.25) is 9.88 Å². The fraction of sp³-hybridized carbons (Fsp3) is 0.688. The van der Waals surface area contributed by atoms with Crippen LogP contribution in [0.2, 0.25) is 0 Å². The maximum absolute atomic E-state index is 4.56. The molecule has 1 saturated heterocycles. The van der Waals surface area contributed by atoms with Gasteiger partial charge in [0.1, 0.15) is 0 Å². The molecule has 0 atom stereocenters. The Morgan fingerprint density at radius 3 is 2.75 bits per heavy atom. The second-order valence-corrected chi connectivity index (χ2v) is 5.72. The third-order valence-electron chi connectivity index (χ3n) is 3.89. The normalized spacial score (nSPS) is 16.1. The number of nitrogens with zero attached hydrogens (tertiary/aromatic N) is 3. The minimum atomic E-state index is 0.911. The first-order valence-electron chi connectivity index (χ1n) is 7.83. The van der Waals surface area contributed by atoms with Crippen LogP contribution in [0, 0.1) is 0 Å². The fourth-order valence-electron chi connectivity index (χ4n) is 2.60. The van der Waals surface area contributed by atoms with Crippen LogP contribution in [0.15, 0.2) is 18.3 Å². The smallest absolute Gasteiger partial charge is 0.0544 e. The van der Waals surface area contributed by atoms with Crippen LogP contribution in [0.5, 0.6) is 0 Å². The summed E-state index contributed by atoms with van der Waals surface area (Å²) in [4.78, 5) is 9.48. The van der Waals surface area contributed by atoms with Gasteiger partial charge in [-0.2, -0.15) is 0 Å². The van der Waals surface area contributed by atoms with E-state index in [1.807, 2.05) is 6.20 Å². The summed E-state index contributed by atoms with van der Waals surface area (Å²) >= 11 is 0. The second-order valence-electron chi connectivity index (χ2n) is 5.72. The summed E-state index contributed by atoms with van der Waals surface area (Å²) in [5, 5.41) is 3.32. The molecule has 0 bridgehead atoms. The average Bonchev–Trinajstić information content (AvgIpc) is 2.98. The Kier molecular flexibility index (Phi) is 6.43. The zero-order valence-electron chi connectivity index (χ0n) is 12.9. The summed E-state index contributed by atoms with van der Waals surface area (Å²) in [6, 6.07) is 4.33. The number of likely N-dealkylation sites (tertiary alicyclic amines) is 1. The molecule has 1 aromatic heterocycles. The van der Waals surface area contributed by atoms with Crippen LogP contribution >= 0.6 is 0 Å². The van der Waals surface area contributed by atoms with E-state index < -0.39 is 0 Å². The zero-order chi connectivity index (χ0) is 14.2. The van der Waals surface area contributed by atoms with Crippen molar-refractivity contribution in [1.82, 2.24) is 20.1 Å². The predicted molar refractivity (Wildman–Crippen MR) is 83.6 cm³/mol. The molecule has 20 heavy (non-hydrogen) atoms. The number of hydrogen-bond acceptors (Lipinski definition) is 4. The number of pyridine rings is 1.